The highest BCUT2D eigenvalue weighted by molar-refractivity contribution is 5.25. The van der Waals surface area contributed by atoms with E-state index in [1.807, 2.05) is 0 Å². The zero-order valence-corrected chi connectivity index (χ0v) is 13.3. The van der Waals surface area contributed by atoms with Crippen LogP contribution < -0.4 is 0 Å². The van der Waals surface area contributed by atoms with Gasteiger partial charge in [0, 0.05) is 63.7 Å². The maximum absolute atomic E-state index is 5.47. The fourth-order valence-electron chi connectivity index (χ4n) is 3.75. The molecule has 0 bridgehead atoms. The van der Waals surface area contributed by atoms with Gasteiger partial charge in [-0.15, -0.1) is 0 Å². The summed E-state index contributed by atoms with van der Waals surface area (Å²) < 4.78 is 13.1. The van der Waals surface area contributed by atoms with Crippen LogP contribution in [0.4, 0.5) is 0 Å². The van der Waals surface area contributed by atoms with Crippen LogP contribution in [-0.4, -0.2) is 54.7 Å². The Morgan fingerprint density at radius 2 is 2.19 bits per heavy atom. The first-order valence-corrected chi connectivity index (χ1v) is 8.15. The Morgan fingerprint density at radius 3 is 2.90 bits per heavy atom. The van der Waals surface area contributed by atoms with Gasteiger partial charge in [0.2, 0.25) is 0 Å². The predicted octanol–water partition coefficient (Wildman–Crippen LogP) is 1.88. The van der Waals surface area contributed by atoms with E-state index in [4.69, 9.17) is 9.47 Å². The van der Waals surface area contributed by atoms with Gasteiger partial charge in [0.1, 0.15) is 0 Å². The van der Waals surface area contributed by atoms with Crippen molar-refractivity contribution in [2.24, 2.45) is 5.92 Å². The molecule has 5 nitrogen and oxygen atoms in total. The summed E-state index contributed by atoms with van der Waals surface area (Å²) in [6.45, 7) is 9.04. The van der Waals surface area contributed by atoms with Gasteiger partial charge in [-0.2, -0.15) is 5.10 Å². The van der Waals surface area contributed by atoms with E-state index in [1.165, 1.54) is 30.6 Å². The first-order valence-electron chi connectivity index (χ1n) is 8.15. The molecule has 3 rings (SSSR count). The molecule has 1 aromatic rings. The average molecular weight is 293 g/mol. The first kappa shape index (κ1) is 15.0. The van der Waals surface area contributed by atoms with E-state index in [-0.39, 0.29) is 0 Å². The fourth-order valence-corrected chi connectivity index (χ4v) is 3.75. The molecular weight excluding hydrogens is 266 g/mol. The quantitative estimate of drug-likeness (QED) is 0.831. The largest absolute Gasteiger partial charge is 0.384 e. The van der Waals surface area contributed by atoms with Crippen molar-refractivity contribution in [3.8, 4) is 0 Å². The number of hydrogen-bond acceptors (Lipinski definition) is 4. The molecule has 0 unspecified atom stereocenters. The van der Waals surface area contributed by atoms with Gasteiger partial charge in [-0.1, -0.05) is 0 Å². The summed E-state index contributed by atoms with van der Waals surface area (Å²) in [6, 6.07) is 0. The lowest BCUT2D eigenvalue weighted by atomic mass is 9.94. The van der Waals surface area contributed by atoms with Gasteiger partial charge in [0.05, 0.1) is 12.8 Å². The molecule has 0 radical (unpaired) electrons. The summed E-state index contributed by atoms with van der Waals surface area (Å²) in [5.41, 5.74) is 2.78. The molecule has 2 aliphatic rings. The molecule has 0 spiro atoms. The van der Waals surface area contributed by atoms with Crippen molar-refractivity contribution in [1.82, 2.24) is 14.7 Å². The minimum atomic E-state index is 0.445. The number of methoxy groups -OCH3 is 1. The molecule has 2 aliphatic heterocycles. The van der Waals surface area contributed by atoms with Gasteiger partial charge >= 0.3 is 0 Å². The van der Waals surface area contributed by atoms with Crippen LogP contribution in [0.5, 0.6) is 0 Å². The Hall–Kier alpha value is -0.910. The third-order valence-electron chi connectivity index (χ3n) is 4.74. The van der Waals surface area contributed by atoms with E-state index in [2.05, 4.69) is 27.8 Å². The van der Waals surface area contributed by atoms with Crippen molar-refractivity contribution in [2.45, 2.75) is 38.8 Å². The topological polar surface area (TPSA) is 39.5 Å². The van der Waals surface area contributed by atoms with Crippen LogP contribution in [0.2, 0.25) is 0 Å². The smallest absolute Gasteiger partial charge is 0.0558 e. The van der Waals surface area contributed by atoms with Gasteiger partial charge in [0.25, 0.3) is 0 Å². The number of hydrogen-bond donors (Lipinski definition) is 0. The van der Waals surface area contributed by atoms with Crippen LogP contribution in [0.3, 0.4) is 0 Å². The molecule has 3 heterocycles. The molecule has 0 saturated carbocycles. The normalized spacial score (nSPS) is 24.2. The minimum Gasteiger partial charge on any atom is -0.384 e. The average Bonchev–Trinajstić information content (AvgIpc) is 2.92. The fraction of sp³-hybridized carbons (Fsp3) is 0.812. The van der Waals surface area contributed by atoms with Crippen molar-refractivity contribution in [3.63, 3.8) is 0 Å². The van der Waals surface area contributed by atoms with Crippen LogP contribution in [0.25, 0.3) is 0 Å². The predicted molar refractivity (Wildman–Crippen MR) is 81.3 cm³/mol. The SMILES string of the molecule is CCn1ncc2c1[C@@H](COC)CN(CC1CCOCC1)C2. The van der Waals surface area contributed by atoms with E-state index in [9.17, 15) is 0 Å². The molecule has 21 heavy (non-hydrogen) atoms. The number of aryl methyl sites for hydroxylation is 1. The number of fused-ring (bicyclic) bond motifs is 1. The summed E-state index contributed by atoms with van der Waals surface area (Å²) in [6.07, 6.45) is 4.46. The molecule has 1 aromatic heterocycles. The Bertz CT molecular complexity index is 454. The van der Waals surface area contributed by atoms with E-state index < -0.39 is 0 Å². The highest BCUT2D eigenvalue weighted by Gasteiger charge is 2.30. The lowest BCUT2D eigenvalue weighted by Crippen LogP contribution is -2.39. The zero-order chi connectivity index (χ0) is 14.7. The lowest BCUT2D eigenvalue weighted by Gasteiger charge is -2.36. The Morgan fingerprint density at radius 1 is 1.38 bits per heavy atom. The molecule has 0 N–H and O–H groups in total. The van der Waals surface area contributed by atoms with Crippen LogP contribution in [0, 0.1) is 5.92 Å². The van der Waals surface area contributed by atoms with Crippen LogP contribution in [-0.2, 0) is 22.6 Å². The van der Waals surface area contributed by atoms with Crippen LogP contribution >= 0.6 is 0 Å². The monoisotopic (exact) mass is 293 g/mol. The summed E-state index contributed by atoms with van der Waals surface area (Å²) in [7, 11) is 1.80. The summed E-state index contributed by atoms with van der Waals surface area (Å²) in [5, 5.41) is 4.54. The van der Waals surface area contributed by atoms with Crippen molar-refractivity contribution >= 4 is 0 Å². The maximum atomic E-state index is 5.47. The number of rotatable bonds is 5. The Labute approximate surface area is 127 Å². The standard InChI is InChI=1S/C16H27N3O2/c1-3-19-16-14(8-17-19)10-18(11-15(16)12-20-2)9-13-4-6-21-7-5-13/h8,13,15H,3-7,9-12H2,1-2H3/t15-/m1/s1. The molecule has 0 amide bonds. The number of aromatic nitrogens is 2. The molecule has 0 aliphatic carbocycles. The molecule has 118 valence electrons. The van der Waals surface area contributed by atoms with Gasteiger partial charge in [-0.25, -0.2) is 0 Å². The molecule has 1 saturated heterocycles. The first-order chi connectivity index (χ1) is 10.3. The second kappa shape index (κ2) is 6.90. The highest BCUT2D eigenvalue weighted by Crippen LogP contribution is 2.30. The second-order valence-corrected chi connectivity index (χ2v) is 6.27. The van der Waals surface area contributed by atoms with Crippen molar-refractivity contribution in [3.05, 3.63) is 17.5 Å². The van der Waals surface area contributed by atoms with Crippen LogP contribution in [0.15, 0.2) is 6.20 Å². The zero-order valence-electron chi connectivity index (χ0n) is 13.3. The van der Waals surface area contributed by atoms with E-state index in [0.717, 1.165) is 45.4 Å². The van der Waals surface area contributed by atoms with Crippen molar-refractivity contribution in [1.29, 1.82) is 0 Å². The van der Waals surface area contributed by atoms with Gasteiger partial charge < -0.3 is 9.47 Å². The second-order valence-electron chi connectivity index (χ2n) is 6.27. The van der Waals surface area contributed by atoms with Gasteiger partial charge in [0.15, 0.2) is 0 Å². The third kappa shape index (κ3) is 3.30. The lowest BCUT2D eigenvalue weighted by molar-refractivity contribution is 0.0459. The van der Waals surface area contributed by atoms with Crippen molar-refractivity contribution in [2.75, 3.05) is 40.0 Å². The summed E-state index contributed by atoms with van der Waals surface area (Å²) >= 11 is 0. The number of ether oxygens (including phenoxy) is 2. The van der Waals surface area contributed by atoms with Gasteiger partial charge in [-0.3, -0.25) is 9.58 Å². The molecular formula is C16H27N3O2. The molecule has 5 heteroatoms. The third-order valence-corrected chi connectivity index (χ3v) is 4.74. The molecule has 1 atom stereocenters. The molecule has 0 aromatic carbocycles. The maximum Gasteiger partial charge on any atom is 0.0558 e. The van der Waals surface area contributed by atoms with E-state index in [0.29, 0.717) is 5.92 Å². The van der Waals surface area contributed by atoms with E-state index in [1.54, 1.807) is 7.11 Å². The number of nitrogens with zero attached hydrogens (tertiary/aromatic N) is 3. The highest BCUT2D eigenvalue weighted by atomic mass is 16.5. The van der Waals surface area contributed by atoms with E-state index >= 15 is 0 Å². The summed E-state index contributed by atoms with van der Waals surface area (Å²) in [4.78, 5) is 2.59. The Kier molecular flexibility index (Phi) is 4.93. The molecule has 1 fully saturated rings. The van der Waals surface area contributed by atoms with Crippen LogP contribution in [0.1, 0.15) is 36.9 Å². The van der Waals surface area contributed by atoms with Crippen molar-refractivity contribution < 1.29 is 9.47 Å². The Balaban J connectivity index is 1.71. The van der Waals surface area contributed by atoms with Gasteiger partial charge in [-0.05, 0) is 25.7 Å². The minimum absolute atomic E-state index is 0.445. The summed E-state index contributed by atoms with van der Waals surface area (Å²) in [5.74, 6) is 1.23.